The highest BCUT2D eigenvalue weighted by molar-refractivity contribution is 8.00. The zero-order valence-electron chi connectivity index (χ0n) is 24.3. The number of benzene rings is 2. The molecule has 2 heteroatoms. The van der Waals surface area contributed by atoms with Gasteiger partial charge in [-0.25, -0.2) is 0 Å². The van der Waals surface area contributed by atoms with E-state index in [0.29, 0.717) is 28.9 Å². The standard InChI is InChI=1S/C40H35NS/c1-24-11-10-17-32-37(24)25(2)28-14-6-7-16-30(28)38(32)26-19-21-34-33(23-26)39-35(41(34)27-12-4-3-5-13-27)22-20-31-29-15-8-9-18-36(29)42-40(31)39/h3-10,12-18,20,22-24,28-30,36H,11,19,21H2,1-2H3. The van der Waals surface area contributed by atoms with E-state index >= 15 is 0 Å². The van der Waals surface area contributed by atoms with Crippen LogP contribution in [0.3, 0.4) is 0 Å². The SMILES string of the molecule is CC1=C2C(=C(C3=Cc4c(n(-c5ccccc5)c5ccc6c(c45)SC4C=CC=CC64)CC3)C3C=CC=CC13)C=CCC2C. The average Bonchev–Trinajstić information content (AvgIpc) is 3.57. The zero-order chi connectivity index (χ0) is 27.9. The molecule has 1 nitrogen and oxygen atoms in total. The molecule has 0 saturated carbocycles. The van der Waals surface area contributed by atoms with Gasteiger partial charge in [0.2, 0.25) is 0 Å². The van der Waals surface area contributed by atoms with Gasteiger partial charge in [-0.1, -0.05) is 97.5 Å². The molecule has 0 spiro atoms. The van der Waals surface area contributed by atoms with Gasteiger partial charge in [-0.15, -0.1) is 11.8 Å². The Kier molecular flexibility index (Phi) is 5.54. The van der Waals surface area contributed by atoms with Gasteiger partial charge in [0.15, 0.2) is 0 Å². The molecule has 5 aliphatic carbocycles. The van der Waals surface area contributed by atoms with Gasteiger partial charge < -0.3 is 4.57 Å². The van der Waals surface area contributed by atoms with Crippen LogP contribution in [0.1, 0.15) is 49.4 Å². The summed E-state index contributed by atoms with van der Waals surface area (Å²) in [4.78, 5) is 1.49. The Morgan fingerprint density at radius 1 is 0.810 bits per heavy atom. The molecule has 1 aromatic heterocycles. The lowest BCUT2D eigenvalue weighted by atomic mass is 9.64. The Hall–Kier alpha value is -3.75. The van der Waals surface area contributed by atoms with Crippen LogP contribution in [-0.2, 0) is 6.42 Å². The second-order valence-corrected chi connectivity index (χ2v) is 13.9. The highest BCUT2D eigenvalue weighted by Gasteiger charge is 2.39. The number of thioether (sulfide) groups is 1. The third-order valence-corrected chi connectivity index (χ3v) is 11.9. The van der Waals surface area contributed by atoms with Gasteiger partial charge in [-0.3, -0.25) is 0 Å². The van der Waals surface area contributed by atoms with E-state index in [-0.39, 0.29) is 0 Å². The van der Waals surface area contributed by atoms with Gasteiger partial charge in [0, 0.05) is 50.2 Å². The fourth-order valence-electron chi connectivity index (χ4n) is 8.68. The second-order valence-electron chi connectivity index (χ2n) is 12.7. The molecule has 0 bridgehead atoms. The van der Waals surface area contributed by atoms with Crippen LogP contribution < -0.4 is 0 Å². The number of rotatable bonds is 2. The molecular weight excluding hydrogens is 527 g/mol. The molecule has 206 valence electrons. The lowest BCUT2D eigenvalue weighted by Gasteiger charge is -2.40. The maximum atomic E-state index is 2.62. The van der Waals surface area contributed by atoms with E-state index in [1.165, 1.54) is 43.9 Å². The van der Waals surface area contributed by atoms with Crippen molar-refractivity contribution in [2.24, 2.45) is 17.8 Å². The first-order valence-electron chi connectivity index (χ1n) is 15.6. The summed E-state index contributed by atoms with van der Waals surface area (Å²) in [6.07, 6.45) is 29.5. The number of hydrogen-bond acceptors (Lipinski definition) is 1. The van der Waals surface area contributed by atoms with E-state index < -0.39 is 0 Å². The molecule has 0 amide bonds. The molecule has 3 aromatic rings. The number of fused-ring (bicyclic) bond motifs is 9. The Morgan fingerprint density at radius 2 is 1.60 bits per heavy atom. The van der Waals surface area contributed by atoms with Crippen LogP contribution in [0.2, 0.25) is 0 Å². The number of nitrogens with zero attached hydrogens (tertiary/aromatic N) is 1. The van der Waals surface area contributed by atoms with Crippen molar-refractivity contribution in [3.05, 3.63) is 148 Å². The van der Waals surface area contributed by atoms with E-state index in [9.17, 15) is 0 Å². The summed E-state index contributed by atoms with van der Waals surface area (Å²) in [6.45, 7) is 4.82. The number of aromatic nitrogens is 1. The minimum absolute atomic E-state index is 0.414. The highest BCUT2D eigenvalue weighted by atomic mass is 32.2. The molecule has 42 heavy (non-hydrogen) atoms. The normalized spacial score (nSPS) is 28.5. The summed E-state index contributed by atoms with van der Waals surface area (Å²) < 4.78 is 2.56. The summed E-state index contributed by atoms with van der Waals surface area (Å²) in [7, 11) is 0. The van der Waals surface area contributed by atoms with Crippen LogP contribution in [-0.4, -0.2) is 9.82 Å². The third kappa shape index (κ3) is 3.45. The molecular formula is C40H35NS. The van der Waals surface area contributed by atoms with Crippen molar-refractivity contribution in [2.75, 3.05) is 0 Å². The maximum Gasteiger partial charge on any atom is 0.0549 e. The summed E-state index contributed by atoms with van der Waals surface area (Å²) in [6, 6.07) is 15.8. The van der Waals surface area contributed by atoms with Crippen LogP contribution in [0.5, 0.6) is 0 Å². The fraction of sp³-hybridized carbons (Fsp3) is 0.250. The van der Waals surface area contributed by atoms with Crippen molar-refractivity contribution < 1.29 is 0 Å². The van der Waals surface area contributed by atoms with Crippen LogP contribution >= 0.6 is 11.8 Å². The van der Waals surface area contributed by atoms with Crippen molar-refractivity contribution in [1.29, 1.82) is 0 Å². The smallest absolute Gasteiger partial charge is 0.0549 e. The first-order chi connectivity index (χ1) is 20.7. The van der Waals surface area contributed by atoms with E-state index in [2.05, 4.69) is 139 Å². The first-order valence-corrected chi connectivity index (χ1v) is 16.5. The van der Waals surface area contributed by atoms with E-state index in [4.69, 9.17) is 0 Å². The van der Waals surface area contributed by atoms with Crippen LogP contribution in [0, 0.1) is 17.8 Å². The molecule has 0 fully saturated rings. The summed E-state index contributed by atoms with van der Waals surface area (Å²) in [5.41, 5.74) is 14.8. The molecule has 6 aliphatic rings. The Bertz CT molecular complexity index is 1910. The Labute approximate surface area is 253 Å². The van der Waals surface area contributed by atoms with Crippen LogP contribution in [0.25, 0.3) is 22.7 Å². The van der Waals surface area contributed by atoms with Gasteiger partial charge in [0.05, 0.1) is 5.52 Å². The quantitative estimate of drug-likeness (QED) is 0.301. The predicted molar refractivity (Wildman–Crippen MR) is 178 cm³/mol. The minimum atomic E-state index is 0.414. The molecule has 2 heterocycles. The van der Waals surface area contributed by atoms with Crippen molar-refractivity contribution in [3.63, 3.8) is 0 Å². The maximum absolute atomic E-state index is 2.62. The van der Waals surface area contributed by atoms with Crippen molar-refractivity contribution in [3.8, 4) is 5.69 Å². The third-order valence-electron chi connectivity index (χ3n) is 10.5. The largest absolute Gasteiger partial charge is 0.313 e. The fourth-order valence-corrected chi connectivity index (χ4v) is 10.2. The van der Waals surface area contributed by atoms with Gasteiger partial charge in [0.25, 0.3) is 0 Å². The van der Waals surface area contributed by atoms with Gasteiger partial charge in [-0.2, -0.15) is 0 Å². The molecule has 0 radical (unpaired) electrons. The molecule has 9 rings (SSSR count). The van der Waals surface area contributed by atoms with Crippen molar-refractivity contribution in [2.45, 2.75) is 49.2 Å². The topological polar surface area (TPSA) is 4.93 Å². The van der Waals surface area contributed by atoms with E-state index in [1.54, 1.807) is 22.3 Å². The van der Waals surface area contributed by atoms with E-state index in [0.717, 1.165) is 19.3 Å². The van der Waals surface area contributed by atoms with Gasteiger partial charge in [0.1, 0.15) is 0 Å². The summed E-state index contributed by atoms with van der Waals surface area (Å²) >= 11 is 2.07. The molecule has 0 N–H and O–H groups in total. The molecule has 5 atom stereocenters. The zero-order valence-corrected chi connectivity index (χ0v) is 25.1. The number of allylic oxidation sites excluding steroid dienone is 14. The molecule has 2 aromatic carbocycles. The Balaban J connectivity index is 1.31. The lowest BCUT2D eigenvalue weighted by molar-refractivity contribution is 0.549. The summed E-state index contributed by atoms with van der Waals surface area (Å²) in [5, 5.41) is 1.95. The molecule has 5 unspecified atom stereocenters. The summed E-state index contributed by atoms with van der Waals surface area (Å²) in [5.74, 6) is 1.92. The van der Waals surface area contributed by atoms with Gasteiger partial charge >= 0.3 is 0 Å². The number of hydrogen-bond donors (Lipinski definition) is 0. The number of para-hydroxylation sites is 1. The van der Waals surface area contributed by atoms with Gasteiger partial charge in [-0.05, 0) is 84.2 Å². The lowest BCUT2D eigenvalue weighted by Crippen LogP contribution is -2.28. The van der Waals surface area contributed by atoms with E-state index in [1.807, 2.05) is 0 Å². The van der Waals surface area contributed by atoms with Crippen LogP contribution in [0.15, 0.2) is 136 Å². The van der Waals surface area contributed by atoms with Crippen LogP contribution in [0.4, 0.5) is 0 Å². The highest BCUT2D eigenvalue weighted by Crippen LogP contribution is 2.55. The van der Waals surface area contributed by atoms with Crippen molar-refractivity contribution in [1.82, 2.24) is 4.57 Å². The predicted octanol–water partition coefficient (Wildman–Crippen LogP) is 10.2. The first kappa shape index (κ1) is 24.8. The molecule has 1 aliphatic heterocycles. The monoisotopic (exact) mass is 561 g/mol. The van der Waals surface area contributed by atoms with Crippen molar-refractivity contribution >= 4 is 28.7 Å². The second kappa shape index (κ2) is 9.38. The average molecular weight is 562 g/mol. The minimum Gasteiger partial charge on any atom is -0.313 e. The Morgan fingerprint density at radius 3 is 2.45 bits per heavy atom. The molecule has 0 saturated heterocycles.